The maximum absolute atomic E-state index is 12.4. The summed E-state index contributed by atoms with van der Waals surface area (Å²) in [5.74, 6) is -1.08. The van der Waals surface area contributed by atoms with Crippen molar-refractivity contribution in [2.24, 2.45) is 5.41 Å². The van der Waals surface area contributed by atoms with Crippen molar-refractivity contribution in [2.75, 3.05) is 14.2 Å². The van der Waals surface area contributed by atoms with Crippen LogP contribution < -0.4 is 10.6 Å². The second-order valence-electron chi connectivity index (χ2n) is 5.02. The molecule has 0 aromatic rings. The topological polar surface area (TPSA) is 157 Å². The van der Waals surface area contributed by atoms with Crippen LogP contribution in [-0.2, 0) is 71.3 Å². The molecule has 0 aromatic heterocycles. The number of urea groups is 1. The average molecular weight is 707 g/mol. The van der Waals surface area contributed by atoms with Crippen molar-refractivity contribution in [3.05, 3.63) is 0 Å². The van der Waals surface area contributed by atoms with Crippen molar-refractivity contribution < 1.29 is 87.1 Å². The van der Waals surface area contributed by atoms with Crippen molar-refractivity contribution in [2.45, 2.75) is 32.9 Å². The Morgan fingerprint density at radius 1 is 0.913 bits per heavy atom. The van der Waals surface area contributed by atoms with Crippen molar-refractivity contribution in [3.8, 4) is 0 Å². The average Bonchev–Trinajstić information content (AvgIpc) is 2.46. The van der Waals surface area contributed by atoms with Gasteiger partial charge in [0.05, 0.1) is 0 Å². The maximum atomic E-state index is 12.4. The van der Waals surface area contributed by atoms with E-state index < -0.39 is 23.3 Å². The molecule has 0 aromatic carbocycles. The molecule has 126 valence electrons. The summed E-state index contributed by atoms with van der Waals surface area (Å²) in [6, 6.07) is -0.757. The summed E-state index contributed by atoms with van der Waals surface area (Å²) < 4.78 is 12.5. The van der Waals surface area contributed by atoms with E-state index in [0.717, 1.165) is 7.86 Å². The zero-order valence-electron chi connectivity index (χ0n) is 13.4. The molecule has 1 rings (SSSR count). The van der Waals surface area contributed by atoms with E-state index in [1.54, 1.807) is 14.2 Å². The molecule has 0 bridgehead atoms. The van der Waals surface area contributed by atoms with E-state index in [4.69, 9.17) is 9.47 Å². The molecule has 4 amide bonds. The number of imide groups is 2. The van der Waals surface area contributed by atoms with Gasteiger partial charge in [0.2, 0.25) is 0 Å². The molecule has 2 unspecified atom stereocenters. The predicted octanol–water partition coefficient (Wildman–Crippen LogP) is -1.57. The van der Waals surface area contributed by atoms with Gasteiger partial charge in [0, 0.05) is 0 Å². The zero-order valence-corrected chi connectivity index (χ0v) is 24.4. The number of carbonyl (C=O) groups excluding carboxylic acids is 3. The first kappa shape index (κ1) is 25.6. The summed E-state index contributed by atoms with van der Waals surface area (Å²) >= 11 is 0.996. The number of amides is 4. The van der Waals surface area contributed by atoms with Crippen LogP contribution in [0.25, 0.3) is 0 Å². The third-order valence-electron chi connectivity index (χ3n) is 3.79. The van der Waals surface area contributed by atoms with Gasteiger partial charge in [0.25, 0.3) is 0 Å². The van der Waals surface area contributed by atoms with Crippen LogP contribution in [0, 0.1) is 5.41 Å². The van der Waals surface area contributed by atoms with Gasteiger partial charge >= 0.3 is 157 Å². The second-order valence-corrected chi connectivity index (χ2v) is 9.51. The Morgan fingerprint density at radius 3 is 1.52 bits per heavy atom. The summed E-state index contributed by atoms with van der Waals surface area (Å²) in [6.07, 6.45) is 0.279. The number of nitrogens with one attached hydrogen (secondary N) is 2. The van der Waals surface area contributed by atoms with E-state index in [0.29, 0.717) is 52.2 Å². The normalized spacial score (nSPS) is 19.0. The fraction of sp³-hybridized carbons (Fsp3) is 0.750. The van der Waals surface area contributed by atoms with Gasteiger partial charge in [-0.05, 0) is 0 Å². The van der Waals surface area contributed by atoms with E-state index >= 15 is 0 Å². The van der Waals surface area contributed by atoms with Gasteiger partial charge in [-0.25, -0.2) is 0 Å². The predicted molar refractivity (Wildman–Crippen MR) is 71.8 cm³/mol. The maximum Gasteiger partial charge on any atom is -0.412 e. The number of rotatable bonds is 8. The van der Waals surface area contributed by atoms with Crippen molar-refractivity contribution >= 4 is 17.8 Å². The Morgan fingerprint density at radius 2 is 1.26 bits per heavy atom. The Labute approximate surface area is 167 Å². The number of barbiturate groups is 1. The Bertz CT molecular complexity index is 378. The first-order valence-electron chi connectivity index (χ1n) is 6.74. The molecule has 1 saturated heterocycles. The largest absolute Gasteiger partial charge is 0.412 e. The summed E-state index contributed by atoms with van der Waals surface area (Å²) in [4.78, 5) is 36.1. The third kappa shape index (κ3) is 6.28. The number of hydrogen-bond acceptors (Lipinski definition) is 5. The van der Waals surface area contributed by atoms with Crippen molar-refractivity contribution in [1.82, 2.24) is 10.6 Å². The van der Waals surface area contributed by atoms with Gasteiger partial charge in [-0.2, -0.15) is 0 Å². The van der Waals surface area contributed by atoms with Crippen molar-refractivity contribution in [1.29, 1.82) is 0 Å². The fourth-order valence-corrected chi connectivity index (χ4v) is 5.84. The van der Waals surface area contributed by atoms with Crippen LogP contribution in [0.1, 0.15) is 12.8 Å². The molecule has 0 aliphatic carbocycles. The smallest absolute Gasteiger partial charge is 0.412 e. The van der Waals surface area contributed by atoms with Gasteiger partial charge in [-0.15, -0.1) is 0 Å². The number of carbonyl (C=O) groups is 3. The van der Waals surface area contributed by atoms with Crippen LogP contribution in [-0.4, -0.2) is 55.2 Å². The fourth-order valence-electron chi connectivity index (χ4n) is 2.42. The summed E-state index contributed by atoms with van der Waals surface area (Å²) in [5, 5.41) is 4.44. The minimum Gasteiger partial charge on any atom is -0.412 e. The molecule has 0 radical (unpaired) electrons. The van der Waals surface area contributed by atoms with Gasteiger partial charge in [0.1, 0.15) is 0 Å². The Balaban J connectivity index is 0. The molecule has 1 fully saturated rings. The van der Waals surface area contributed by atoms with Gasteiger partial charge in [-0.3, -0.25) is 0 Å². The number of hydrogen-bond donors (Lipinski definition) is 2. The molecule has 1 aliphatic heterocycles. The summed E-state index contributed by atoms with van der Waals surface area (Å²) in [6.45, 7) is 0. The van der Waals surface area contributed by atoms with E-state index in [1.165, 1.54) is 0 Å². The molecule has 1 aliphatic rings. The van der Waals surface area contributed by atoms with Crippen LogP contribution in [0.3, 0.4) is 0 Å². The summed E-state index contributed by atoms with van der Waals surface area (Å²) in [5.41, 5.74) is -1.28. The van der Waals surface area contributed by atoms with Crippen LogP contribution >= 0.6 is 0 Å². The van der Waals surface area contributed by atoms with Crippen LogP contribution in [0.4, 0.5) is 4.79 Å². The quantitative estimate of drug-likeness (QED) is 0.231. The molecule has 0 spiro atoms. The molecule has 11 heteroatoms. The molecule has 9 nitrogen and oxygen atoms in total. The minimum absolute atomic E-state index is 0. The molecular formula is C12H22Hg2N2O7. The van der Waals surface area contributed by atoms with Crippen LogP contribution in [0.5, 0.6) is 0 Å². The third-order valence-corrected chi connectivity index (χ3v) is 8.79. The molecular weight excluding hydrogens is 685 g/mol. The molecule has 6 N–H and O–H groups in total. The summed E-state index contributed by atoms with van der Waals surface area (Å²) in [7, 11) is 3.16. The second kappa shape index (κ2) is 11.8. The van der Waals surface area contributed by atoms with E-state index in [9.17, 15) is 14.4 Å². The van der Waals surface area contributed by atoms with E-state index in [2.05, 4.69) is 10.6 Å². The Hall–Kier alpha value is 0.320. The minimum atomic E-state index is -1.28. The number of ether oxygens (including phenoxy) is 2. The van der Waals surface area contributed by atoms with Gasteiger partial charge < -0.3 is 11.0 Å². The first-order chi connectivity index (χ1) is 9.93. The van der Waals surface area contributed by atoms with Crippen molar-refractivity contribution in [3.63, 3.8) is 0 Å². The van der Waals surface area contributed by atoms with Crippen LogP contribution in [0.15, 0.2) is 0 Å². The SMILES string of the molecule is COC([CH2][Hg])CC1(CC([CH2][Hg])OC)C(=O)NC(=O)NC1=O.O.O. The van der Waals surface area contributed by atoms with E-state index in [1.807, 2.05) is 0 Å². The Kier molecular flexibility index (Phi) is 13.1. The molecule has 2 atom stereocenters. The number of methoxy groups -OCH3 is 2. The molecule has 1 heterocycles. The monoisotopic (exact) mass is 710 g/mol. The van der Waals surface area contributed by atoms with Crippen LogP contribution in [0.2, 0.25) is 7.86 Å². The molecule has 0 saturated carbocycles. The first-order valence-corrected chi connectivity index (χ1v) is 14.5. The zero-order chi connectivity index (χ0) is 16.0. The molecule has 23 heavy (non-hydrogen) atoms. The standard InChI is InChI=1S/C12H18N2O5.2Hg.2H2O/c1-7(18-3)5-12(6-8(2)19-4)9(15)13-11(17)14-10(12)16;;;;/h7-8H,1-2,5-6H2,3-4H3,(H2,13,14,15,16,17);;;2*1H2. The van der Waals surface area contributed by atoms with Gasteiger partial charge in [0.15, 0.2) is 0 Å². The van der Waals surface area contributed by atoms with E-state index in [-0.39, 0.29) is 36.0 Å². The van der Waals surface area contributed by atoms with Gasteiger partial charge in [-0.1, -0.05) is 0 Å².